The Balaban J connectivity index is 2.00. The lowest BCUT2D eigenvalue weighted by molar-refractivity contribution is -0.142. The van der Waals surface area contributed by atoms with Crippen LogP contribution in [0.5, 0.6) is 0 Å². The Morgan fingerprint density at radius 1 is 1.42 bits per heavy atom. The van der Waals surface area contributed by atoms with E-state index in [1.165, 1.54) is 0 Å². The molecule has 2 unspecified atom stereocenters. The van der Waals surface area contributed by atoms with Gasteiger partial charge in [0.1, 0.15) is 0 Å². The molecule has 0 N–H and O–H groups in total. The first-order valence-electron chi connectivity index (χ1n) is 6.31. The number of carbonyl (C=O) groups is 1. The Bertz CT molecular complexity index is 436. The van der Waals surface area contributed by atoms with Gasteiger partial charge in [0.05, 0.1) is 25.2 Å². The first-order chi connectivity index (χ1) is 9.10. The number of hydrogen-bond acceptors (Lipinski definition) is 2. The molecule has 1 aromatic carbocycles. The topological polar surface area (TPSA) is 29.5 Å². The molecule has 2 rings (SSSR count). The predicted molar refractivity (Wildman–Crippen MR) is 82.6 cm³/mol. The van der Waals surface area contributed by atoms with Gasteiger partial charge in [-0.2, -0.15) is 0 Å². The van der Waals surface area contributed by atoms with Gasteiger partial charge in [-0.3, -0.25) is 4.79 Å². The van der Waals surface area contributed by atoms with Crippen LogP contribution in [0.3, 0.4) is 0 Å². The van der Waals surface area contributed by atoms with Crippen molar-refractivity contribution in [1.29, 1.82) is 0 Å². The summed E-state index contributed by atoms with van der Waals surface area (Å²) in [5, 5.41) is 0.766. The van der Waals surface area contributed by atoms with Gasteiger partial charge in [0.15, 0.2) is 0 Å². The fraction of sp³-hybridized carbons (Fsp3) is 0.500. The van der Waals surface area contributed by atoms with Crippen molar-refractivity contribution in [2.75, 3.05) is 18.5 Å². The van der Waals surface area contributed by atoms with E-state index in [1.54, 1.807) is 0 Å². The summed E-state index contributed by atoms with van der Waals surface area (Å²) in [6.45, 7) is 3.31. The van der Waals surface area contributed by atoms with E-state index in [0.29, 0.717) is 19.6 Å². The maximum Gasteiger partial charge on any atom is 0.227 e. The molecule has 0 aromatic heterocycles. The first-order valence-corrected chi connectivity index (χ1v) is 8.23. The summed E-state index contributed by atoms with van der Waals surface area (Å²) < 4.78 is 6.67. The minimum absolute atomic E-state index is 0.102. The predicted octanol–water partition coefficient (Wildman–Crippen LogP) is 3.00. The number of morpholine rings is 1. The van der Waals surface area contributed by atoms with Crippen LogP contribution in [0.15, 0.2) is 28.7 Å². The number of nitrogens with zero attached hydrogens (tertiary/aromatic N) is 1. The van der Waals surface area contributed by atoms with Crippen molar-refractivity contribution in [3.8, 4) is 0 Å². The van der Waals surface area contributed by atoms with E-state index >= 15 is 0 Å². The molecular formula is C14H17Br2NO2. The molecule has 0 aliphatic carbocycles. The number of carbonyl (C=O) groups excluding carboxylic acids is 1. The number of halogens is 2. The Kier molecular flexibility index (Phi) is 5.42. The third-order valence-electron chi connectivity index (χ3n) is 3.27. The monoisotopic (exact) mass is 389 g/mol. The zero-order valence-electron chi connectivity index (χ0n) is 10.8. The lowest BCUT2D eigenvalue weighted by atomic mass is 10.1. The van der Waals surface area contributed by atoms with Gasteiger partial charge in [0.25, 0.3) is 0 Å². The van der Waals surface area contributed by atoms with E-state index in [0.717, 1.165) is 15.4 Å². The molecule has 19 heavy (non-hydrogen) atoms. The van der Waals surface area contributed by atoms with E-state index in [1.807, 2.05) is 36.1 Å². The van der Waals surface area contributed by atoms with Gasteiger partial charge < -0.3 is 9.64 Å². The van der Waals surface area contributed by atoms with Gasteiger partial charge in [-0.05, 0) is 24.6 Å². The molecule has 5 heteroatoms. The zero-order valence-corrected chi connectivity index (χ0v) is 14.0. The minimum atomic E-state index is 0.102. The van der Waals surface area contributed by atoms with Crippen molar-refractivity contribution in [1.82, 2.24) is 4.90 Å². The molecule has 1 heterocycles. The second-order valence-corrected chi connectivity index (χ2v) is 6.37. The SMILES string of the molecule is CC1COC(CBr)CN1C(=O)Cc1ccc(Br)cc1. The lowest BCUT2D eigenvalue weighted by Crippen LogP contribution is -2.52. The van der Waals surface area contributed by atoms with E-state index in [2.05, 4.69) is 31.9 Å². The minimum Gasteiger partial charge on any atom is -0.373 e. The van der Waals surface area contributed by atoms with Crippen LogP contribution in [0.25, 0.3) is 0 Å². The second-order valence-electron chi connectivity index (χ2n) is 4.81. The molecule has 0 bridgehead atoms. The molecule has 1 amide bonds. The normalized spacial score (nSPS) is 23.4. The number of amides is 1. The van der Waals surface area contributed by atoms with Gasteiger partial charge in [-0.25, -0.2) is 0 Å². The molecule has 0 saturated carbocycles. The molecule has 1 aliphatic rings. The molecule has 104 valence electrons. The largest absolute Gasteiger partial charge is 0.373 e. The first kappa shape index (κ1) is 15.0. The highest BCUT2D eigenvalue weighted by Crippen LogP contribution is 2.16. The smallest absolute Gasteiger partial charge is 0.227 e. The average Bonchev–Trinajstić information content (AvgIpc) is 2.42. The van der Waals surface area contributed by atoms with Crippen LogP contribution in [0, 0.1) is 0 Å². The van der Waals surface area contributed by atoms with Crippen LogP contribution in [0.1, 0.15) is 12.5 Å². The molecule has 1 aromatic rings. The van der Waals surface area contributed by atoms with Gasteiger partial charge in [-0.15, -0.1) is 0 Å². The highest BCUT2D eigenvalue weighted by Gasteiger charge is 2.28. The quantitative estimate of drug-likeness (QED) is 0.742. The Hall–Kier alpha value is -0.390. The van der Waals surface area contributed by atoms with Gasteiger partial charge in [-0.1, -0.05) is 44.0 Å². The maximum atomic E-state index is 12.4. The Morgan fingerprint density at radius 3 is 2.74 bits per heavy atom. The van der Waals surface area contributed by atoms with Crippen LogP contribution in [0.4, 0.5) is 0 Å². The standard InChI is InChI=1S/C14H17Br2NO2/c1-10-9-19-13(7-15)8-17(10)14(18)6-11-2-4-12(16)5-3-11/h2-5,10,13H,6-9H2,1H3. The zero-order chi connectivity index (χ0) is 13.8. The molecule has 0 spiro atoms. The Morgan fingerprint density at radius 2 is 2.11 bits per heavy atom. The molecule has 1 saturated heterocycles. The van der Waals surface area contributed by atoms with Crippen molar-refractivity contribution in [3.05, 3.63) is 34.3 Å². The van der Waals surface area contributed by atoms with Crippen molar-refractivity contribution in [2.45, 2.75) is 25.5 Å². The van der Waals surface area contributed by atoms with Crippen molar-refractivity contribution in [2.24, 2.45) is 0 Å². The third-order valence-corrected chi connectivity index (χ3v) is 4.52. The fourth-order valence-electron chi connectivity index (χ4n) is 2.14. The van der Waals surface area contributed by atoms with Crippen LogP contribution in [0.2, 0.25) is 0 Å². The number of rotatable bonds is 3. The third kappa shape index (κ3) is 4.04. The lowest BCUT2D eigenvalue weighted by Gasteiger charge is -2.37. The number of alkyl halides is 1. The molecule has 2 atom stereocenters. The molecular weight excluding hydrogens is 374 g/mol. The maximum absolute atomic E-state index is 12.4. The van der Waals surface area contributed by atoms with Crippen molar-refractivity contribution < 1.29 is 9.53 Å². The average molecular weight is 391 g/mol. The summed E-state index contributed by atoms with van der Waals surface area (Å²) in [5.41, 5.74) is 1.04. The number of benzene rings is 1. The van der Waals surface area contributed by atoms with E-state index in [4.69, 9.17) is 4.74 Å². The second kappa shape index (κ2) is 6.86. The highest BCUT2D eigenvalue weighted by atomic mass is 79.9. The van der Waals surface area contributed by atoms with Crippen LogP contribution >= 0.6 is 31.9 Å². The fourth-order valence-corrected chi connectivity index (χ4v) is 2.79. The van der Waals surface area contributed by atoms with Gasteiger partial charge >= 0.3 is 0 Å². The summed E-state index contributed by atoms with van der Waals surface area (Å²) in [6, 6.07) is 8.04. The summed E-state index contributed by atoms with van der Waals surface area (Å²) in [5.74, 6) is 0.170. The summed E-state index contributed by atoms with van der Waals surface area (Å²) >= 11 is 6.81. The van der Waals surface area contributed by atoms with Crippen LogP contribution < -0.4 is 0 Å². The molecule has 1 fully saturated rings. The van der Waals surface area contributed by atoms with Crippen molar-refractivity contribution in [3.63, 3.8) is 0 Å². The Labute approximate surface area is 130 Å². The molecule has 1 aliphatic heterocycles. The number of ether oxygens (including phenoxy) is 1. The van der Waals surface area contributed by atoms with E-state index in [9.17, 15) is 4.79 Å². The van der Waals surface area contributed by atoms with Crippen LogP contribution in [-0.4, -0.2) is 41.4 Å². The molecule has 3 nitrogen and oxygen atoms in total. The van der Waals surface area contributed by atoms with Crippen LogP contribution in [-0.2, 0) is 16.0 Å². The van der Waals surface area contributed by atoms with Gasteiger partial charge in [0, 0.05) is 16.3 Å². The number of hydrogen-bond donors (Lipinski definition) is 0. The van der Waals surface area contributed by atoms with Crippen molar-refractivity contribution >= 4 is 37.8 Å². The van der Waals surface area contributed by atoms with E-state index in [-0.39, 0.29) is 18.1 Å². The summed E-state index contributed by atoms with van der Waals surface area (Å²) in [6.07, 6.45) is 0.553. The molecule has 0 radical (unpaired) electrons. The van der Waals surface area contributed by atoms with Gasteiger partial charge in [0.2, 0.25) is 5.91 Å². The summed E-state index contributed by atoms with van der Waals surface area (Å²) in [4.78, 5) is 14.3. The summed E-state index contributed by atoms with van der Waals surface area (Å²) in [7, 11) is 0. The van der Waals surface area contributed by atoms with E-state index < -0.39 is 0 Å². The highest BCUT2D eigenvalue weighted by molar-refractivity contribution is 9.10.